The quantitative estimate of drug-likeness (QED) is 0.121. The normalized spacial score (nSPS) is 15.4. The molecule has 19 aromatic carbocycles. The van der Waals surface area contributed by atoms with Crippen LogP contribution in [0.1, 0.15) is 88.4 Å². The second-order valence-corrected chi connectivity index (χ2v) is 35.0. The summed E-state index contributed by atoms with van der Waals surface area (Å²) in [5.41, 5.74) is 31.4. The molecule has 0 spiro atoms. The summed E-state index contributed by atoms with van der Waals surface area (Å²) in [5.74, 6) is 4.81. The Balaban J connectivity index is 0.675. The van der Waals surface area contributed by atoms with Crippen LogP contribution >= 0.6 is 0 Å². The van der Waals surface area contributed by atoms with E-state index in [0.717, 1.165) is 161 Å². The van der Waals surface area contributed by atoms with Crippen LogP contribution in [-0.4, -0.2) is 4.57 Å². The highest BCUT2D eigenvalue weighted by Gasteiger charge is 2.46. The van der Waals surface area contributed by atoms with Gasteiger partial charge in [-0.2, -0.15) is 0 Å². The van der Waals surface area contributed by atoms with E-state index < -0.39 is 0 Å². The van der Waals surface area contributed by atoms with Crippen molar-refractivity contribution in [1.29, 1.82) is 0 Å². The summed E-state index contributed by atoms with van der Waals surface area (Å²) in [5, 5.41) is 13.4. The molecule has 0 saturated heterocycles. The zero-order chi connectivity index (χ0) is 83.1. The lowest BCUT2D eigenvalue weighted by Gasteiger charge is -2.43. The Morgan fingerprint density at radius 1 is 0.331 bits per heavy atom. The molecule has 0 radical (unpaired) electrons. The fraction of sp³-hybridized carbons (Fsp3) is 0.0756. The number of fused-ring (bicyclic) bond motifs is 18. The number of aryl methyl sites for hydroxylation is 1. The van der Waals surface area contributed by atoms with E-state index in [9.17, 15) is 0 Å². The number of ether oxygens (including phenoxy) is 3. The van der Waals surface area contributed by atoms with Gasteiger partial charge in [-0.25, -0.2) is 0 Å². The molecule has 1 aromatic heterocycles. The van der Waals surface area contributed by atoms with Crippen LogP contribution in [-0.2, 0) is 12.8 Å². The number of hydrogen-bond donors (Lipinski definition) is 0. The molecule has 0 N–H and O–H groups in total. The lowest BCUT2D eigenvalue weighted by atomic mass is 9.71. The molecule has 8 heteroatoms. The van der Waals surface area contributed by atoms with Gasteiger partial charge in [-0.05, 0) is 272 Å². The standard InChI is InChI=1S/C119H81N5O3/c1-4-28-76(29-5-1)93-59-52-78-35-22-45-104(111(78)99-41-18-16-39-97(93)99)120(87-53-49-73-25-10-13-32-79(73)63-87)90-56-60-94-83(66-90)70-108-114-117(94)125-109-71-84-67-91(121(88-54-50-74-26-11-14-33-80(74)64-88)105-46-23-36-82-69-102(77-30-6-2-7-31-77)98-40-17-19-42-100(98)112(82)105)57-61-95(84)118-115(109)124(114)116-110(127-118)72-85-68-92(58-62-96(85)119(116)126-108)122(89-55-51-75-27-12-15-34-81(75)65-89)106-47-24-48-107-113(106)101-43-20-21-44-103(101)123(107)86-37-8-3-9-38-86/h1-22,24-45,47-51,53-57,60-61,63-68,70-72,93,102H,23,46,52,58-59,62,69H2/t93-,102-/m0/s1. The number of nitrogens with zero attached hydrogens (tertiary/aromatic N) is 5. The number of anilines is 10. The van der Waals surface area contributed by atoms with Crippen LogP contribution in [0.3, 0.4) is 0 Å². The summed E-state index contributed by atoms with van der Waals surface area (Å²) in [6, 6.07) is 142. The molecule has 127 heavy (non-hydrogen) atoms. The van der Waals surface area contributed by atoms with E-state index in [0.29, 0.717) is 30.1 Å². The molecule has 0 bridgehead atoms. The largest absolute Gasteiger partial charge is 0.452 e. The first-order chi connectivity index (χ1) is 63.0. The van der Waals surface area contributed by atoms with Crippen LogP contribution in [0.5, 0.6) is 34.5 Å². The van der Waals surface area contributed by atoms with Crippen LogP contribution in [0.15, 0.2) is 405 Å². The Morgan fingerprint density at radius 3 is 1.48 bits per heavy atom. The molecule has 0 amide bonds. The topological polar surface area (TPSA) is 45.6 Å². The highest BCUT2D eigenvalue weighted by molar-refractivity contribution is 6.18. The van der Waals surface area contributed by atoms with Crippen LogP contribution < -0.4 is 33.8 Å². The fourth-order valence-electron chi connectivity index (χ4n) is 22.5. The zero-order valence-electron chi connectivity index (χ0n) is 69.6. The van der Waals surface area contributed by atoms with Crippen LogP contribution in [0, 0.1) is 0 Å². The summed E-state index contributed by atoms with van der Waals surface area (Å²) in [4.78, 5) is 10.1. The molecule has 8 nitrogen and oxygen atoms in total. The number of hydrogen-bond acceptors (Lipinski definition) is 7. The van der Waals surface area contributed by atoms with Gasteiger partial charge in [-0.1, -0.05) is 261 Å². The highest BCUT2D eigenvalue weighted by Crippen LogP contribution is 2.71. The maximum atomic E-state index is 7.88. The highest BCUT2D eigenvalue weighted by atomic mass is 16.5. The molecule has 3 aliphatic heterocycles. The van der Waals surface area contributed by atoms with Crippen molar-refractivity contribution in [3.05, 3.63) is 450 Å². The maximum absolute atomic E-state index is 7.88. The van der Waals surface area contributed by atoms with Gasteiger partial charge in [0.25, 0.3) is 0 Å². The van der Waals surface area contributed by atoms with Crippen molar-refractivity contribution in [2.75, 3.05) is 19.6 Å². The minimum Gasteiger partial charge on any atom is -0.452 e. The Kier molecular flexibility index (Phi) is 16.0. The molecule has 4 aliphatic carbocycles. The lowest BCUT2D eigenvalue weighted by Crippen LogP contribution is -2.26. The maximum Gasteiger partial charge on any atom is 0.163 e. The van der Waals surface area contributed by atoms with Gasteiger partial charge in [-0.15, -0.1) is 0 Å². The average molecular weight is 1630 g/mol. The number of benzene rings is 19. The Hall–Kier alpha value is -15.9. The third-order valence-electron chi connectivity index (χ3n) is 28.1. The van der Waals surface area contributed by atoms with Crippen LogP contribution in [0.2, 0.25) is 0 Å². The van der Waals surface area contributed by atoms with Gasteiger partial charge in [0, 0.05) is 95.6 Å². The minimum absolute atomic E-state index is 0.222. The first kappa shape index (κ1) is 71.6. The first-order valence-corrected chi connectivity index (χ1v) is 44.7. The molecule has 600 valence electrons. The van der Waals surface area contributed by atoms with Crippen LogP contribution in [0.4, 0.5) is 56.9 Å². The van der Waals surface area contributed by atoms with Crippen molar-refractivity contribution in [2.45, 2.75) is 56.8 Å². The van der Waals surface area contributed by atoms with E-state index in [1.54, 1.807) is 0 Å². The molecule has 4 heterocycles. The van der Waals surface area contributed by atoms with E-state index in [2.05, 4.69) is 418 Å². The molecule has 0 fully saturated rings. The Morgan fingerprint density at radius 2 is 0.827 bits per heavy atom. The summed E-state index contributed by atoms with van der Waals surface area (Å²) in [6.07, 6.45) is 10.9. The monoisotopic (exact) mass is 1630 g/mol. The summed E-state index contributed by atoms with van der Waals surface area (Å²) in [7, 11) is 0. The number of aromatic nitrogens is 1. The SMILES string of the molecule is C1=C2C[C@@H](c3ccccc3)c3ccccc3C2=C(N(c2ccc3ccccc3c2)c2ccc3c4c5c(cc3c2)Oc2c3c(cc6cc(N(c7ccc8ccccc8c7)c7cccc8c7-c7ccccc7[C@H](c7ccccc7)CC8)ccc26)Oc2c6c(cc(c2N53)O4)C=C(N(c2ccc3ccccc3c2)c2cccc3c2c2ccccc2n3-c2ccccc2)CC6)CC1. The van der Waals surface area contributed by atoms with Gasteiger partial charge in [0.1, 0.15) is 17.1 Å². The van der Waals surface area contributed by atoms with Crippen molar-refractivity contribution in [3.63, 3.8) is 0 Å². The molecule has 0 saturated carbocycles. The predicted molar refractivity (Wildman–Crippen MR) is 523 cm³/mol. The Labute approximate surface area is 735 Å². The zero-order valence-corrected chi connectivity index (χ0v) is 69.6. The molecule has 0 unspecified atom stereocenters. The van der Waals surface area contributed by atoms with E-state index in [4.69, 9.17) is 14.2 Å². The number of para-hydroxylation sites is 2. The number of rotatable bonds is 12. The van der Waals surface area contributed by atoms with Gasteiger partial charge in [0.05, 0.1) is 22.4 Å². The van der Waals surface area contributed by atoms with Gasteiger partial charge < -0.3 is 33.5 Å². The molecule has 20 aromatic rings. The molecule has 27 rings (SSSR count). The van der Waals surface area contributed by atoms with Gasteiger partial charge in [-0.3, -0.25) is 4.90 Å². The summed E-state index contributed by atoms with van der Waals surface area (Å²) in [6.45, 7) is 0. The summed E-state index contributed by atoms with van der Waals surface area (Å²) < 4.78 is 26.0. The Bertz CT molecular complexity index is 8200. The second kappa shape index (κ2) is 28.3. The minimum atomic E-state index is 0.222. The molecule has 7 aliphatic rings. The van der Waals surface area contributed by atoms with Gasteiger partial charge in [0.2, 0.25) is 0 Å². The molecular formula is C119H81N5O3. The third-order valence-corrected chi connectivity index (χ3v) is 28.1. The molecular weight excluding hydrogens is 1550 g/mol. The van der Waals surface area contributed by atoms with E-state index in [-0.39, 0.29) is 11.8 Å². The fourth-order valence-corrected chi connectivity index (χ4v) is 22.5. The lowest BCUT2D eigenvalue weighted by molar-refractivity contribution is 0.420. The van der Waals surface area contributed by atoms with Crippen molar-refractivity contribution in [3.8, 4) is 51.3 Å². The first-order valence-electron chi connectivity index (χ1n) is 44.7. The van der Waals surface area contributed by atoms with Crippen molar-refractivity contribution < 1.29 is 14.2 Å². The van der Waals surface area contributed by atoms with Crippen molar-refractivity contribution in [2.24, 2.45) is 0 Å². The van der Waals surface area contributed by atoms with Gasteiger partial charge in [0.15, 0.2) is 34.5 Å². The van der Waals surface area contributed by atoms with E-state index in [1.807, 2.05) is 0 Å². The predicted octanol–water partition coefficient (Wildman–Crippen LogP) is 32.5. The van der Waals surface area contributed by atoms with E-state index in [1.165, 1.54) is 104 Å². The van der Waals surface area contributed by atoms with Crippen LogP contribution in [0.25, 0.3) is 104 Å². The number of allylic oxidation sites excluding steroid dienone is 5. The summed E-state index contributed by atoms with van der Waals surface area (Å²) >= 11 is 0. The smallest absolute Gasteiger partial charge is 0.163 e. The second-order valence-electron chi connectivity index (χ2n) is 35.0. The van der Waals surface area contributed by atoms with Crippen molar-refractivity contribution in [1.82, 2.24) is 4.57 Å². The average Bonchev–Trinajstić information content (AvgIpc) is 1.18. The molecule has 2 atom stereocenters. The van der Waals surface area contributed by atoms with E-state index >= 15 is 0 Å². The third kappa shape index (κ3) is 11.2. The van der Waals surface area contributed by atoms with Gasteiger partial charge >= 0.3 is 0 Å². The van der Waals surface area contributed by atoms with Crippen molar-refractivity contribution >= 4 is 144 Å².